The van der Waals surface area contributed by atoms with Crippen LogP contribution in [0.15, 0.2) is 48.8 Å². The lowest BCUT2D eigenvalue weighted by Gasteiger charge is -2.27. The molecule has 3 aromatic rings. The van der Waals surface area contributed by atoms with E-state index in [0.717, 1.165) is 59.3 Å². The monoisotopic (exact) mass is 392 g/mol. The maximum atomic E-state index is 6.06. The van der Waals surface area contributed by atoms with Crippen molar-refractivity contribution < 1.29 is 14.2 Å². The van der Waals surface area contributed by atoms with Crippen molar-refractivity contribution in [2.75, 3.05) is 13.2 Å². The Bertz CT molecular complexity index is 954. The molecule has 0 spiro atoms. The van der Waals surface area contributed by atoms with Crippen molar-refractivity contribution in [1.29, 1.82) is 0 Å². The van der Waals surface area contributed by atoms with E-state index in [1.54, 1.807) is 0 Å². The molecule has 1 aromatic carbocycles. The van der Waals surface area contributed by atoms with E-state index in [9.17, 15) is 0 Å². The van der Waals surface area contributed by atoms with Crippen LogP contribution in [0.4, 0.5) is 0 Å². The summed E-state index contributed by atoms with van der Waals surface area (Å²) in [4.78, 5) is 9.04. The maximum absolute atomic E-state index is 6.06. The molecular formula is C24H28N2O3. The number of aromatic nitrogens is 2. The number of ether oxygens (including phenoxy) is 3. The van der Waals surface area contributed by atoms with E-state index in [1.165, 1.54) is 6.42 Å². The lowest BCUT2D eigenvalue weighted by Crippen LogP contribution is -2.31. The number of hydrogen-bond donors (Lipinski definition) is 0. The highest BCUT2D eigenvalue weighted by Gasteiger charge is 2.19. The predicted octanol–water partition coefficient (Wildman–Crippen LogP) is 5.31. The Morgan fingerprint density at radius 2 is 2.07 bits per heavy atom. The average Bonchev–Trinajstić information content (AvgIpc) is 2.77. The highest BCUT2D eigenvalue weighted by Crippen LogP contribution is 2.25. The van der Waals surface area contributed by atoms with E-state index in [0.29, 0.717) is 6.61 Å². The smallest absolute Gasteiger partial charge is 0.158 e. The molecule has 3 heterocycles. The SMILES string of the molecule is CC[C@H](COc1ccc2nc(-c3cncc(C)c3)ccc2c1)OC1CCCCO1. The van der Waals surface area contributed by atoms with Gasteiger partial charge in [-0.05, 0) is 68.5 Å². The third kappa shape index (κ3) is 5.11. The van der Waals surface area contributed by atoms with Crippen molar-refractivity contribution in [1.82, 2.24) is 9.97 Å². The van der Waals surface area contributed by atoms with E-state index in [1.807, 2.05) is 43.6 Å². The Labute approximate surface area is 172 Å². The van der Waals surface area contributed by atoms with Gasteiger partial charge in [-0.2, -0.15) is 0 Å². The van der Waals surface area contributed by atoms with Crippen molar-refractivity contribution in [3.8, 4) is 17.0 Å². The zero-order valence-corrected chi connectivity index (χ0v) is 17.1. The first kappa shape index (κ1) is 19.8. The van der Waals surface area contributed by atoms with Crippen LogP contribution in [0.2, 0.25) is 0 Å². The molecule has 0 radical (unpaired) electrons. The molecule has 0 aliphatic carbocycles. The molecular weight excluding hydrogens is 364 g/mol. The molecule has 29 heavy (non-hydrogen) atoms. The van der Waals surface area contributed by atoms with Crippen LogP contribution in [0, 0.1) is 6.92 Å². The van der Waals surface area contributed by atoms with Crippen LogP contribution in [-0.4, -0.2) is 35.6 Å². The zero-order chi connectivity index (χ0) is 20.1. The van der Waals surface area contributed by atoms with Gasteiger partial charge < -0.3 is 14.2 Å². The minimum Gasteiger partial charge on any atom is -0.491 e. The molecule has 4 rings (SSSR count). The van der Waals surface area contributed by atoms with Gasteiger partial charge in [0.2, 0.25) is 0 Å². The number of benzene rings is 1. The van der Waals surface area contributed by atoms with Gasteiger partial charge in [-0.1, -0.05) is 13.0 Å². The van der Waals surface area contributed by atoms with Gasteiger partial charge in [0, 0.05) is 30.0 Å². The highest BCUT2D eigenvalue weighted by atomic mass is 16.7. The molecule has 2 atom stereocenters. The molecule has 0 bridgehead atoms. The van der Waals surface area contributed by atoms with Gasteiger partial charge in [-0.3, -0.25) is 4.98 Å². The van der Waals surface area contributed by atoms with Crippen LogP contribution >= 0.6 is 0 Å². The van der Waals surface area contributed by atoms with Crippen molar-refractivity contribution in [3.63, 3.8) is 0 Å². The average molecular weight is 392 g/mol. The molecule has 0 N–H and O–H groups in total. The highest BCUT2D eigenvalue weighted by molar-refractivity contribution is 5.82. The number of fused-ring (bicyclic) bond motifs is 1. The van der Waals surface area contributed by atoms with E-state index in [-0.39, 0.29) is 12.4 Å². The summed E-state index contributed by atoms with van der Waals surface area (Å²) >= 11 is 0. The minimum absolute atomic E-state index is 0.0307. The molecule has 1 aliphatic heterocycles. The second kappa shape index (κ2) is 9.33. The molecule has 2 aromatic heterocycles. The number of hydrogen-bond acceptors (Lipinski definition) is 5. The van der Waals surface area contributed by atoms with Crippen LogP contribution in [0.25, 0.3) is 22.2 Å². The first-order valence-electron chi connectivity index (χ1n) is 10.4. The maximum Gasteiger partial charge on any atom is 0.158 e. The van der Waals surface area contributed by atoms with E-state index in [4.69, 9.17) is 19.2 Å². The third-order valence-electron chi connectivity index (χ3n) is 5.20. The number of rotatable bonds is 7. The normalized spacial score (nSPS) is 17.9. The third-order valence-corrected chi connectivity index (χ3v) is 5.20. The van der Waals surface area contributed by atoms with Gasteiger partial charge in [0.05, 0.1) is 17.3 Å². The topological polar surface area (TPSA) is 53.5 Å². The first-order chi connectivity index (χ1) is 14.2. The molecule has 152 valence electrons. The van der Waals surface area contributed by atoms with Gasteiger partial charge in [-0.25, -0.2) is 4.98 Å². The Kier molecular flexibility index (Phi) is 6.37. The summed E-state index contributed by atoms with van der Waals surface area (Å²) in [5, 5.41) is 1.05. The molecule has 0 amide bonds. The van der Waals surface area contributed by atoms with Gasteiger partial charge in [0.25, 0.3) is 0 Å². The number of aryl methyl sites for hydroxylation is 1. The van der Waals surface area contributed by atoms with Crippen LogP contribution in [0.3, 0.4) is 0 Å². The molecule has 1 fully saturated rings. The first-order valence-corrected chi connectivity index (χ1v) is 10.4. The van der Waals surface area contributed by atoms with Crippen LogP contribution in [-0.2, 0) is 9.47 Å². The fourth-order valence-electron chi connectivity index (χ4n) is 3.52. The number of nitrogens with zero attached hydrogens (tertiary/aromatic N) is 2. The standard InChI is InChI=1S/C24H28N2O3/c1-3-20(29-24-6-4-5-11-27-24)16-28-21-8-10-22-18(13-21)7-9-23(26-22)19-12-17(2)14-25-15-19/h7-10,12-15,20,24H,3-6,11,16H2,1-2H3/t20-,24?/m1/s1. The van der Waals surface area contributed by atoms with Crippen molar-refractivity contribution >= 4 is 10.9 Å². The zero-order valence-electron chi connectivity index (χ0n) is 17.1. The van der Waals surface area contributed by atoms with E-state index >= 15 is 0 Å². The summed E-state index contributed by atoms with van der Waals surface area (Å²) in [5.41, 5.74) is 4.02. The minimum atomic E-state index is -0.0902. The lowest BCUT2D eigenvalue weighted by molar-refractivity contribution is -0.193. The lowest BCUT2D eigenvalue weighted by atomic mass is 10.1. The van der Waals surface area contributed by atoms with Crippen molar-refractivity contribution in [2.24, 2.45) is 0 Å². The summed E-state index contributed by atoms with van der Waals surface area (Å²) in [7, 11) is 0. The van der Waals surface area contributed by atoms with Gasteiger partial charge in [0.15, 0.2) is 6.29 Å². The van der Waals surface area contributed by atoms with Crippen LogP contribution < -0.4 is 4.74 Å². The Morgan fingerprint density at radius 3 is 2.86 bits per heavy atom. The fourth-order valence-corrected chi connectivity index (χ4v) is 3.52. The molecule has 1 unspecified atom stereocenters. The summed E-state index contributed by atoms with van der Waals surface area (Å²) in [6.45, 7) is 5.46. The van der Waals surface area contributed by atoms with Crippen molar-refractivity contribution in [3.05, 3.63) is 54.4 Å². The summed E-state index contributed by atoms with van der Waals surface area (Å²) in [5.74, 6) is 0.830. The Hall–Kier alpha value is -2.50. The van der Waals surface area contributed by atoms with Gasteiger partial charge in [0.1, 0.15) is 12.4 Å². The second-order valence-electron chi connectivity index (χ2n) is 7.58. The molecule has 1 saturated heterocycles. The summed E-state index contributed by atoms with van der Waals surface area (Å²) < 4.78 is 17.8. The molecule has 5 nitrogen and oxygen atoms in total. The predicted molar refractivity (Wildman–Crippen MR) is 114 cm³/mol. The molecule has 5 heteroatoms. The Morgan fingerprint density at radius 1 is 1.14 bits per heavy atom. The van der Waals surface area contributed by atoms with Crippen LogP contribution in [0.1, 0.15) is 38.2 Å². The molecule has 1 aliphatic rings. The second-order valence-corrected chi connectivity index (χ2v) is 7.58. The summed E-state index contributed by atoms with van der Waals surface area (Å²) in [6, 6.07) is 12.2. The number of pyridine rings is 2. The fraction of sp³-hybridized carbons (Fsp3) is 0.417. The van der Waals surface area contributed by atoms with E-state index in [2.05, 4.69) is 24.0 Å². The summed E-state index contributed by atoms with van der Waals surface area (Å²) in [6.07, 6.45) is 7.79. The quantitative estimate of drug-likeness (QED) is 0.546. The van der Waals surface area contributed by atoms with Gasteiger partial charge >= 0.3 is 0 Å². The molecule has 0 saturated carbocycles. The van der Waals surface area contributed by atoms with E-state index < -0.39 is 0 Å². The Balaban J connectivity index is 1.42. The van der Waals surface area contributed by atoms with Crippen molar-refractivity contribution in [2.45, 2.75) is 51.9 Å². The van der Waals surface area contributed by atoms with Gasteiger partial charge in [-0.15, -0.1) is 0 Å². The largest absolute Gasteiger partial charge is 0.491 e. The van der Waals surface area contributed by atoms with Crippen LogP contribution in [0.5, 0.6) is 5.75 Å².